The van der Waals surface area contributed by atoms with Crippen LogP contribution < -0.4 is 14.5 Å². The van der Waals surface area contributed by atoms with E-state index in [0.29, 0.717) is 6.67 Å². The molecule has 5 nitrogen and oxygen atoms in total. The summed E-state index contributed by atoms with van der Waals surface area (Å²) < 4.78 is 9.22. The Balaban J connectivity index is 1.07. The Bertz CT molecular complexity index is 3080. The fourth-order valence-electron chi connectivity index (χ4n) is 8.83. The first-order valence-corrected chi connectivity index (χ1v) is 21.9. The molecular formula is C58H52N4O. The number of ether oxygens (including phenoxy) is 1. The number of pyridine rings is 1. The average molecular weight is 821 g/mol. The summed E-state index contributed by atoms with van der Waals surface area (Å²) in [5.41, 5.74) is 13.7. The highest BCUT2D eigenvalue weighted by atomic mass is 16.5. The standard InChI is InChI=1S/C58H52N4O/c1-57(2,3)46-28-29-59-56(35-46)62-53-25-17-16-24-51(53)52-27-26-49(37-54(52)62)63-50-34-45(42-22-14-9-15-23-42)31-47(36-50)60-38-55(58(4,5)6)61(39-60)48-32-43(40-18-10-7-11-19-40)30-44(33-48)41-20-12-8-13-21-41/h7-38H,39H2,1-6H3. The summed E-state index contributed by atoms with van der Waals surface area (Å²) in [4.78, 5) is 9.75. The number of hydrogen-bond acceptors (Lipinski definition) is 4. The Labute approximate surface area is 371 Å². The maximum atomic E-state index is 6.95. The summed E-state index contributed by atoms with van der Waals surface area (Å²) in [6.07, 6.45) is 4.25. The van der Waals surface area contributed by atoms with E-state index in [4.69, 9.17) is 9.72 Å². The third kappa shape index (κ3) is 7.87. The molecule has 63 heavy (non-hydrogen) atoms. The van der Waals surface area contributed by atoms with Crippen LogP contribution in [-0.2, 0) is 5.41 Å². The molecule has 0 spiro atoms. The van der Waals surface area contributed by atoms with Crippen LogP contribution in [0.1, 0.15) is 47.1 Å². The van der Waals surface area contributed by atoms with Gasteiger partial charge in [-0.25, -0.2) is 4.98 Å². The summed E-state index contributed by atoms with van der Waals surface area (Å²) in [6.45, 7) is 14.3. The summed E-state index contributed by atoms with van der Waals surface area (Å²) in [7, 11) is 0. The number of para-hydroxylation sites is 1. The Hall–Kier alpha value is -7.37. The second kappa shape index (κ2) is 15.8. The largest absolute Gasteiger partial charge is 0.457 e. The zero-order chi connectivity index (χ0) is 43.3. The van der Waals surface area contributed by atoms with E-state index in [-0.39, 0.29) is 10.8 Å². The topological polar surface area (TPSA) is 33.5 Å². The van der Waals surface area contributed by atoms with Gasteiger partial charge in [0.05, 0.1) is 17.7 Å². The molecule has 310 valence electrons. The van der Waals surface area contributed by atoms with Crippen LogP contribution in [0.4, 0.5) is 11.4 Å². The zero-order valence-electron chi connectivity index (χ0n) is 36.9. The summed E-state index contributed by atoms with van der Waals surface area (Å²) in [5, 5.41) is 2.34. The molecule has 0 fully saturated rings. The van der Waals surface area contributed by atoms with Gasteiger partial charge in [0, 0.05) is 57.8 Å². The molecule has 0 saturated heterocycles. The number of rotatable bonds is 8. The number of aromatic nitrogens is 2. The number of nitrogens with zero attached hydrogens (tertiary/aromatic N) is 4. The van der Waals surface area contributed by atoms with Gasteiger partial charge in [-0.1, -0.05) is 151 Å². The minimum atomic E-state index is -0.143. The van der Waals surface area contributed by atoms with Crippen molar-refractivity contribution in [3.05, 3.63) is 206 Å². The molecule has 0 unspecified atom stereocenters. The Morgan fingerprint density at radius 3 is 1.65 bits per heavy atom. The van der Waals surface area contributed by atoms with Crippen molar-refractivity contribution >= 4 is 33.2 Å². The molecule has 0 bridgehead atoms. The van der Waals surface area contributed by atoms with Crippen LogP contribution in [0, 0.1) is 5.41 Å². The van der Waals surface area contributed by atoms with Gasteiger partial charge in [-0.2, -0.15) is 0 Å². The second-order valence-electron chi connectivity index (χ2n) is 18.7. The van der Waals surface area contributed by atoms with Crippen LogP contribution in [-0.4, -0.2) is 16.2 Å². The molecule has 10 rings (SSSR count). The van der Waals surface area contributed by atoms with Crippen molar-refractivity contribution in [3.8, 4) is 50.7 Å². The maximum Gasteiger partial charge on any atom is 0.137 e. The van der Waals surface area contributed by atoms with E-state index in [1.54, 1.807) is 0 Å². The second-order valence-corrected chi connectivity index (χ2v) is 18.7. The molecular weight excluding hydrogens is 769 g/mol. The lowest BCUT2D eigenvalue weighted by Gasteiger charge is -2.31. The normalized spacial score (nSPS) is 13.2. The summed E-state index contributed by atoms with van der Waals surface area (Å²) in [5.74, 6) is 2.42. The van der Waals surface area contributed by atoms with Crippen molar-refractivity contribution in [2.45, 2.75) is 47.0 Å². The van der Waals surface area contributed by atoms with Crippen molar-refractivity contribution in [2.24, 2.45) is 5.41 Å². The molecule has 0 aliphatic carbocycles. The third-order valence-electron chi connectivity index (χ3n) is 12.1. The van der Waals surface area contributed by atoms with Crippen LogP contribution in [0.25, 0.3) is 61.0 Å². The molecule has 0 radical (unpaired) electrons. The van der Waals surface area contributed by atoms with E-state index in [0.717, 1.165) is 56.2 Å². The minimum absolute atomic E-state index is 0.0152. The highest BCUT2D eigenvalue weighted by Crippen LogP contribution is 2.43. The lowest BCUT2D eigenvalue weighted by atomic mass is 9.88. The first kappa shape index (κ1) is 39.7. The van der Waals surface area contributed by atoms with Crippen molar-refractivity contribution in [1.29, 1.82) is 0 Å². The Morgan fingerprint density at radius 1 is 0.460 bits per heavy atom. The number of hydrogen-bond donors (Lipinski definition) is 0. The molecule has 9 aromatic rings. The predicted molar refractivity (Wildman–Crippen MR) is 264 cm³/mol. The zero-order valence-corrected chi connectivity index (χ0v) is 36.9. The highest BCUT2D eigenvalue weighted by molar-refractivity contribution is 6.09. The quantitative estimate of drug-likeness (QED) is 0.153. The number of allylic oxidation sites excluding steroid dienone is 1. The van der Waals surface area contributed by atoms with Gasteiger partial charge in [-0.3, -0.25) is 4.57 Å². The fraction of sp³-hybridized carbons (Fsp3) is 0.155. The van der Waals surface area contributed by atoms with Gasteiger partial charge in [0.1, 0.15) is 17.3 Å². The van der Waals surface area contributed by atoms with Crippen LogP contribution in [0.2, 0.25) is 0 Å². The van der Waals surface area contributed by atoms with E-state index in [1.807, 2.05) is 6.20 Å². The molecule has 7 aromatic carbocycles. The third-order valence-corrected chi connectivity index (χ3v) is 12.1. The van der Waals surface area contributed by atoms with Gasteiger partial charge in [0.25, 0.3) is 0 Å². The Kier molecular flexibility index (Phi) is 9.99. The van der Waals surface area contributed by atoms with Crippen molar-refractivity contribution < 1.29 is 4.74 Å². The molecule has 1 aliphatic rings. The van der Waals surface area contributed by atoms with Gasteiger partial charge < -0.3 is 14.5 Å². The molecule has 0 atom stereocenters. The average Bonchev–Trinajstić information content (AvgIpc) is 3.91. The van der Waals surface area contributed by atoms with Gasteiger partial charge in [-0.15, -0.1) is 0 Å². The van der Waals surface area contributed by atoms with Crippen LogP contribution in [0.5, 0.6) is 11.5 Å². The van der Waals surface area contributed by atoms with Crippen LogP contribution in [0.15, 0.2) is 200 Å². The molecule has 2 aromatic heterocycles. The smallest absolute Gasteiger partial charge is 0.137 e. The molecule has 0 saturated carbocycles. The lowest BCUT2D eigenvalue weighted by Crippen LogP contribution is -2.30. The fourth-order valence-corrected chi connectivity index (χ4v) is 8.83. The molecule has 0 amide bonds. The lowest BCUT2D eigenvalue weighted by molar-refractivity contribution is 0.483. The summed E-state index contributed by atoms with van der Waals surface area (Å²) >= 11 is 0. The SMILES string of the molecule is CC(C)(C)C1=CN(c2cc(Oc3ccc4c5ccccc5n(-c5cc(C(C)(C)C)ccn5)c4c3)cc(-c3ccccc3)c2)CN1c1cc(-c2ccccc2)cc(-c2ccccc2)c1. The van der Waals surface area contributed by atoms with Gasteiger partial charge >= 0.3 is 0 Å². The molecule has 3 heterocycles. The van der Waals surface area contributed by atoms with Gasteiger partial charge in [0.2, 0.25) is 0 Å². The van der Waals surface area contributed by atoms with E-state index >= 15 is 0 Å². The number of anilines is 2. The van der Waals surface area contributed by atoms with Gasteiger partial charge in [-0.05, 0) is 105 Å². The number of benzene rings is 7. The minimum Gasteiger partial charge on any atom is -0.457 e. The monoisotopic (exact) mass is 820 g/mol. The van der Waals surface area contributed by atoms with Crippen LogP contribution in [0.3, 0.4) is 0 Å². The Morgan fingerprint density at radius 2 is 1.03 bits per heavy atom. The first-order chi connectivity index (χ1) is 30.5. The maximum absolute atomic E-state index is 6.95. The predicted octanol–water partition coefficient (Wildman–Crippen LogP) is 15.4. The van der Waals surface area contributed by atoms with E-state index in [9.17, 15) is 0 Å². The first-order valence-electron chi connectivity index (χ1n) is 21.9. The highest BCUT2D eigenvalue weighted by Gasteiger charge is 2.32. The van der Waals surface area contributed by atoms with E-state index in [2.05, 4.69) is 244 Å². The van der Waals surface area contributed by atoms with E-state index in [1.165, 1.54) is 38.9 Å². The molecule has 5 heteroatoms. The summed E-state index contributed by atoms with van der Waals surface area (Å²) in [6, 6.07) is 64.9. The molecule has 0 N–H and O–H groups in total. The van der Waals surface area contributed by atoms with Gasteiger partial charge in [0.15, 0.2) is 0 Å². The van der Waals surface area contributed by atoms with Crippen LogP contribution >= 0.6 is 0 Å². The molecule has 1 aliphatic heterocycles. The van der Waals surface area contributed by atoms with E-state index < -0.39 is 0 Å². The van der Waals surface area contributed by atoms with Crippen molar-refractivity contribution in [2.75, 3.05) is 16.5 Å². The van der Waals surface area contributed by atoms with Crippen molar-refractivity contribution in [3.63, 3.8) is 0 Å². The van der Waals surface area contributed by atoms with Crippen molar-refractivity contribution in [1.82, 2.24) is 9.55 Å². The number of fused-ring (bicyclic) bond motifs is 3.